The van der Waals surface area contributed by atoms with Gasteiger partial charge in [0.15, 0.2) is 0 Å². The number of hydrogen-bond donors (Lipinski definition) is 0. The van der Waals surface area contributed by atoms with Crippen LogP contribution in [0.5, 0.6) is 0 Å². The SMILES string of the molecule is C[C@@H]1CN(C(=O)OC(C)(C)C)CCN1c1cc(N2CC3CCC(C2)O3)ncc1C#N. The second kappa shape index (κ2) is 7.95. The van der Waals surface area contributed by atoms with E-state index in [1.807, 2.05) is 26.8 Å². The highest BCUT2D eigenvalue weighted by Crippen LogP contribution is 2.32. The molecule has 0 N–H and O–H groups in total. The lowest BCUT2D eigenvalue weighted by molar-refractivity contribution is 0.0218. The average molecular weight is 414 g/mol. The molecule has 3 aliphatic heterocycles. The summed E-state index contributed by atoms with van der Waals surface area (Å²) in [7, 11) is 0. The maximum absolute atomic E-state index is 12.5. The standard InChI is InChI=1S/C22H31N5O3/c1-15-12-25(21(28)30-22(2,3)4)7-8-27(15)19-9-20(24-11-16(19)10-23)26-13-17-5-6-18(14-26)29-17/h9,11,15,17-18H,5-8,12-14H2,1-4H3/t15-,17?,18?/m1/s1. The minimum absolute atomic E-state index is 0.0643. The number of amides is 1. The lowest BCUT2D eigenvalue weighted by atomic mass is 10.1. The molecule has 3 saturated heterocycles. The number of piperazine rings is 1. The molecule has 0 saturated carbocycles. The molecule has 0 spiro atoms. The Labute approximate surface area is 178 Å². The second-order valence-electron chi connectivity index (χ2n) is 9.50. The van der Waals surface area contributed by atoms with Crippen LogP contribution in [0.3, 0.4) is 0 Å². The van der Waals surface area contributed by atoms with Crippen LogP contribution in [0, 0.1) is 11.3 Å². The van der Waals surface area contributed by atoms with Crippen LogP contribution in [0.4, 0.5) is 16.3 Å². The van der Waals surface area contributed by atoms with Crippen molar-refractivity contribution in [2.75, 3.05) is 42.5 Å². The predicted molar refractivity (Wildman–Crippen MR) is 114 cm³/mol. The highest BCUT2D eigenvalue weighted by molar-refractivity contribution is 5.70. The summed E-state index contributed by atoms with van der Waals surface area (Å²) in [4.78, 5) is 23.3. The smallest absolute Gasteiger partial charge is 0.410 e. The minimum atomic E-state index is -0.511. The molecule has 30 heavy (non-hydrogen) atoms. The van der Waals surface area contributed by atoms with E-state index in [1.165, 1.54) is 0 Å². The number of nitrogens with zero attached hydrogens (tertiary/aromatic N) is 5. The fraction of sp³-hybridized carbons (Fsp3) is 0.682. The van der Waals surface area contributed by atoms with Crippen LogP contribution in [0.1, 0.15) is 46.1 Å². The van der Waals surface area contributed by atoms with E-state index in [1.54, 1.807) is 11.1 Å². The Kier molecular flexibility index (Phi) is 5.49. The average Bonchev–Trinajstić information content (AvgIpc) is 3.03. The number of pyridine rings is 1. The first-order chi connectivity index (χ1) is 14.2. The highest BCUT2D eigenvalue weighted by atomic mass is 16.6. The van der Waals surface area contributed by atoms with Gasteiger partial charge in [0, 0.05) is 51.0 Å². The van der Waals surface area contributed by atoms with Crippen molar-refractivity contribution in [1.29, 1.82) is 5.26 Å². The molecule has 1 aromatic heterocycles. The number of carbonyl (C=O) groups is 1. The second-order valence-corrected chi connectivity index (χ2v) is 9.50. The molecule has 2 bridgehead atoms. The monoisotopic (exact) mass is 413 g/mol. The van der Waals surface area contributed by atoms with Gasteiger partial charge in [-0.25, -0.2) is 9.78 Å². The Bertz CT molecular complexity index is 834. The fourth-order valence-corrected chi connectivity index (χ4v) is 4.54. The maximum atomic E-state index is 12.5. The summed E-state index contributed by atoms with van der Waals surface area (Å²) in [6.45, 7) is 11.1. The first-order valence-corrected chi connectivity index (χ1v) is 10.8. The van der Waals surface area contributed by atoms with Gasteiger partial charge in [-0.15, -0.1) is 0 Å². The van der Waals surface area contributed by atoms with E-state index in [0.29, 0.717) is 25.2 Å². The lowest BCUT2D eigenvalue weighted by Gasteiger charge is -2.42. The van der Waals surface area contributed by atoms with E-state index in [-0.39, 0.29) is 24.3 Å². The summed E-state index contributed by atoms with van der Waals surface area (Å²) in [5.41, 5.74) is 0.938. The normalized spacial score (nSPS) is 26.5. The molecule has 1 amide bonds. The lowest BCUT2D eigenvalue weighted by Crippen LogP contribution is -2.54. The van der Waals surface area contributed by atoms with Gasteiger partial charge >= 0.3 is 6.09 Å². The van der Waals surface area contributed by atoms with Crippen LogP contribution in [-0.4, -0.2) is 72.6 Å². The Balaban J connectivity index is 1.51. The van der Waals surface area contributed by atoms with E-state index in [2.05, 4.69) is 27.8 Å². The molecule has 3 atom stereocenters. The largest absolute Gasteiger partial charge is 0.444 e. The number of ether oxygens (including phenoxy) is 2. The van der Waals surface area contributed by atoms with E-state index < -0.39 is 5.60 Å². The van der Waals surface area contributed by atoms with Gasteiger partial charge in [0.2, 0.25) is 0 Å². The van der Waals surface area contributed by atoms with Crippen molar-refractivity contribution < 1.29 is 14.3 Å². The van der Waals surface area contributed by atoms with Crippen LogP contribution in [0.15, 0.2) is 12.3 Å². The summed E-state index contributed by atoms with van der Waals surface area (Å²) in [5, 5.41) is 9.66. The first kappa shape index (κ1) is 20.7. The van der Waals surface area contributed by atoms with Gasteiger partial charge in [-0.1, -0.05) is 0 Å². The molecule has 8 nitrogen and oxygen atoms in total. The van der Waals surface area contributed by atoms with Crippen LogP contribution < -0.4 is 9.80 Å². The molecule has 4 rings (SSSR count). The zero-order valence-corrected chi connectivity index (χ0v) is 18.3. The third-order valence-electron chi connectivity index (χ3n) is 5.94. The zero-order valence-electron chi connectivity index (χ0n) is 18.3. The van der Waals surface area contributed by atoms with Crippen molar-refractivity contribution >= 4 is 17.6 Å². The Morgan fingerprint density at radius 3 is 2.53 bits per heavy atom. The number of rotatable bonds is 2. The first-order valence-electron chi connectivity index (χ1n) is 10.8. The third kappa shape index (κ3) is 4.31. The Morgan fingerprint density at radius 2 is 1.93 bits per heavy atom. The van der Waals surface area contributed by atoms with Crippen LogP contribution in [0.25, 0.3) is 0 Å². The summed E-state index contributed by atoms with van der Waals surface area (Å²) in [5.74, 6) is 0.894. The summed E-state index contributed by atoms with van der Waals surface area (Å²) >= 11 is 0. The molecule has 2 unspecified atom stereocenters. The molecule has 0 radical (unpaired) electrons. The summed E-state index contributed by atoms with van der Waals surface area (Å²) in [6, 6.07) is 4.38. The van der Waals surface area contributed by atoms with Crippen LogP contribution >= 0.6 is 0 Å². The van der Waals surface area contributed by atoms with Crippen molar-refractivity contribution in [3.63, 3.8) is 0 Å². The van der Waals surface area contributed by atoms with Gasteiger partial charge in [0.1, 0.15) is 17.5 Å². The van der Waals surface area contributed by atoms with Gasteiger partial charge in [-0.3, -0.25) is 0 Å². The van der Waals surface area contributed by atoms with E-state index in [9.17, 15) is 10.1 Å². The molecule has 0 aromatic carbocycles. The van der Waals surface area contributed by atoms with Crippen molar-refractivity contribution in [2.24, 2.45) is 0 Å². The predicted octanol–water partition coefficient (Wildman–Crippen LogP) is 2.77. The number of carbonyl (C=O) groups excluding carboxylic acids is 1. The summed E-state index contributed by atoms with van der Waals surface area (Å²) < 4.78 is 11.5. The molecule has 0 aliphatic carbocycles. The number of aromatic nitrogens is 1. The molecule has 1 aromatic rings. The van der Waals surface area contributed by atoms with E-state index in [0.717, 1.165) is 37.4 Å². The van der Waals surface area contributed by atoms with E-state index in [4.69, 9.17) is 9.47 Å². The highest BCUT2D eigenvalue weighted by Gasteiger charge is 2.35. The van der Waals surface area contributed by atoms with Gasteiger partial charge in [0.05, 0.1) is 23.5 Å². The maximum Gasteiger partial charge on any atom is 0.410 e. The number of morpholine rings is 1. The molecule has 4 heterocycles. The summed E-state index contributed by atoms with van der Waals surface area (Å²) in [6.07, 6.45) is 4.16. The van der Waals surface area contributed by atoms with Gasteiger partial charge < -0.3 is 24.2 Å². The van der Waals surface area contributed by atoms with Gasteiger partial charge in [-0.05, 0) is 40.5 Å². The Morgan fingerprint density at radius 1 is 1.23 bits per heavy atom. The topological polar surface area (TPSA) is 81.9 Å². The minimum Gasteiger partial charge on any atom is -0.444 e. The molecular weight excluding hydrogens is 382 g/mol. The van der Waals surface area contributed by atoms with Gasteiger partial charge in [0.25, 0.3) is 0 Å². The number of hydrogen-bond acceptors (Lipinski definition) is 7. The zero-order chi connectivity index (χ0) is 21.5. The number of nitriles is 1. The number of fused-ring (bicyclic) bond motifs is 2. The van der Waals surface area contributed by atoms with Crippen LogP contribution in [-0.2, 0) is 9.47 Å². The van der Waals surface area contributed by atoms with Crippen molar-refractivity contribution in [2.45, 2.75) is 64.4 Å². The Hall–Kier alpha value is -2.53. The molecular formula is C22H31N5O3. The van der Waals surface area contributed by atoms with E-state index >= 15 is 0 Å². The molecule has 8 heteroatoms. The van der Waals surface area contributed by atoms with Crippen LogP contribution in [0.2, 0.25) is 0 Å². The molecule has 3 aliphatic rings. The van der Waals surface area contributed by atoms with Crippen molar-refractivity contribution in [3.8, 4) is 6.07 Å². The fourth-order valence-electron chi connectivity index (χ4n) is 4.54. The van der Waals surface area contributed by atoms with Crippen molar-refractivity contribution in [3.05, 3.63) is 17.8 Å². The molecule has 162 valence electrons. The van der Waals surface area contributed by atoms with Gasteiger partial charge in [-0.2, -0.15) is 5.26 Å². The molecule has 3 fully saturated rings. The van der Waals surface area contributed by atoms with Crippen molar-refractivity contribution in [1.82, 2.24) is 9.88 Å². The number of anilines is 2. The quantitative estimate of drug-likeness (QED) is 0.737. The third-order valence-corrected chi connectivity index (χ3v) is 5.94.